The van der Waals surface area contributed by atoms with Gasteiger partial charge in [-0.3, -0.25) is 4.79 Å². The summed E-state index contributed by atoms with van der Waals surface area (Å²) in [5.74, 6) is 0.347. The molecule has 2 aromatic carbocycles. The molecule has 0 radical (unpaired) electrons. The Hall–Kier alpha value is -2.37. The number of hydrogen-bond donors (Lipinski definition) is 1. The molecular weight excluding hydrogens is 388 g/mol. The summed E-state index contributed by atoms with van der Waals surface area (Å²) in [5, 5.41) is 3.63. The third kappa shape index (κ3) is 3.57. The summed E-state index contributed by atoms with van der Waals surface area (Å²) >= 11 is 12.2. The first kappa shape index (κ1) is 18.0. The van der Waals surface area contributed by atoms with Crippen molar-refractivity contribution < 1.29 is 13.8 Å². The summed E-state index contributed by atoms with van der Waals surface area (Å²) < 4.78 is 17.9. The van der Waals surface area contributed by atoms with Gasteiger partial charge in [-0.1, -0.05) is 35.3 Å². The number of imidazole rings is 1. The Morgan fingerprint density at radius 3 is 2.78 bits per heavy atom. The van der Waals surface area contributed by atoms with Crippen LogP contribution in [-0.4, -0.2) is 10.5 Å². The zero-order chi connectivity index (χ0) is 19.0. The SMILES string of the molecule is O=C(C[n+]1cc(-c2ccc(Cl)c(Cl)c2)n2c1CCC2)Nc1ccccc1F. The molecule has 4 nitrogen and oxygen atoms in total. The van der Waals surface area contributed by atoms with E-state index < -0.39 is 5.82 Å². The average molecular weight is 405 g/mol. The fraction of sp³-hybridized carbons (Fsp3) is 0.200. The van der Waals surface area contributed by atoms with Crippen molar-refractivity contribution in [1.82, 2.24) is 4.57 Å². The predicted molar refractivity (Wildman–Crippen MR) is 103 cm³/mol. The van der Waals surface area contributed by atoms with E-state index in [1.807, 2.05) is 22.9 Å². The highest BCUT2D eigenvalue weighted by Gasteiger charge is 2.30. The zero-order valence-electron chi connectivity index (χ0n) is 14.4. The van der Waals surface area contributed by atoms with E-state index in [1.54, 1.807) is 24.3 Å². The van der Waals surface area contributed by atoms with Crippen LogP contribution in [0.4, 0.5) is 10.1 Å². The lowest BCUT2D eigenvalue weighted by atomic mass is 10.1. The maximum Gasteiger partial charge on any atom is 0.266 e. The first-order valence-electron chi connectivity index (χ1n) is 8.64. The van der Waals surface area contributed by atoms with E-state index >= 15 is 0 Å². The third-order valence-electron chi connectivity index (χ3n) is 4.67. The summed E-state index contributed by atoms with van der Waals surface area (Å²) in [7, 11) is 0. The fourth-order valence-electron chi connectivity index (χ4n) is 3.44. The molecule has 1 N–H and O–H groups in total. The first-order valence-corrected chi connectivity index (χ1v) is 9.40. The van der Waals surface area contributed by atoms with Crippen LogP contribution in [0, 0.1) is 5.82 Å². The monoisotopic (exact) mass is 404 g/mol. The van der Waals surface area contributed by atoms with Gasteiger partial charge in [-0.25, -0.2) is 13.5 Å². The lowest BCUT2D eigenvalue weighted by Crippen LogP contribution is -2.42. The summed E-state index contributed by atoms with van der Waals surface area (Å²) in [6.07, 6.45) is 3.84. The van der Waals surface area contributed by atoms with Crippen molar-refractivity contribution in [3.63, 3.8) is 0 Å². The molecule has 0 aliphatic carbocycles. The van der Waals surface area contributed by atoms with Crippen molar-refractivity contribution in [3.05, 3.63) is 70.3 Å². The van der Waals surface area contributed by atoms with Crippen LogP contribution in [0.5, 0.6) is 0 Å². The second-order valence-corrected chi connectivity index (χ2v) is 7.28. The molecule has 0 saturated carbocycles. The topological polar surface area (TPSA) is 37.9 Å². The zero-order valence-corrected chi connectivity index (χ0v) is 15.9. The largest absolute Gasteiger partial charge is 0.320 e. The minimum Gasteiger partial charge on any atom is -0.320 e. The number of fused-ring (bicyclic) bond motifs is 1. The van der Waals surface area contributed by atoms with Gasteiger partial charge < -0.3 is 5.32 Å². The minimum atomic E-state index is -0.450. The lowest BCUT2D eigenvalue weighted by Gasteiger charge is -2.05. The smallest absolute Gasteiger partial charge is 0.266 e. The maximum absolute atomic E-state index is 13.8. The van der Waals surface area contributed by atoms with Gasteiger partial charge in [0.05, 0.1) is 28.7 Å². The molecule has 7 heteroatoms. The van der Waals surface area contributed by atoms with E-state index in [-0.39, 0.29) is 18.1 Å². The van der Waals surface area contributed by atoms with Crippen molar-refractivity contribution in [3.8, 4) is 11.3 Å². The number of aromatic nitrogens is 2. The van der Waals surface area contributed by atoms with Gasteiger partial charge in [-0.15, -0.1) is 0 Å². The number of nitrogens with zero attached hydrogens (tertiary/aromatic N) is 2. The Morgan fingerprint density at radius 2 is 2.00 bits per heavy atom. The molecule has 0 fully saturated rings. The molecule has 27 heavy (non-hydrogen) atoms. The minimum absolute atomic E-state index is 0.116. The van der Waals surface area contributed by atoms with Crippen LogP contribution < -0.4 is 9.88 Å². The Kier molecular flexibility index (Phi) is 4.89. The summed E-state index contributed by atoms with van der Waals surface area (Å²) in [6, 6.07) is 11.6. The highest BCUT2D eigenvalue weighted by molar-refractivity contribution is 6.42. The van der Waals surface area contributed by atoms with Crippen LogP contribution in [0.25, 0.3) is 11.3 Å². The van der Waals surface area contributed by atoms with Crippen molar-refractivity contribution in [1.29, 1.82) is 0 Å². The Labute approximate surface area is 166 Å². The second-order valence-electron chi connectivity index (χ2n) is 6.47. The van der Waals surface area contributed by atoms with Crippen molar-refractivity contribution in [2.45, 2.75) is 25.9 Å². The summed E-state index contributed by atoms with van der Waals surface area (Å²) in [6.45, 7) is 0.998. The van der Waals surface area contributed by atoms with Crippen molar-refractivity contribution in [2.75, 3.05) is 5.32 Å². The van der Waals surface area contributed by atoms with Gasteiger partial charge in [-0.2, -0.15) is 0 Å². The normalized spacial score (nSPS) is 12.9. The molecule has 1 amide bonds. The van der Waals surface area contributed by atoms with Crippen molar-refractivity contribution in [2.24, 2.45) is 0 Å². The van der Waals surface area contributed by atoms with Crippen LogP contribution in [0.15, 0.2) is 48.7 Å². The number of amides is 1. The highest BCUT2D eigenvalue weighted by Crippen LogP contribution is 2.30. The van der Waals surface area contributed by atoms with Gasteiger partial charge in [0.25, 0.3) is 11.7 Å². The number of rotatable bonds is 4. The Bertz CT molecular complexity index is 1030. The van der Waals surface area contributed by atoms with Crippen LogP contribution in [0.3, 0.4) is 0 Å². The molecule has 0 saturated heterocycles. The molecule has 2 heterocycles. The number of carbonyl (C=O) groups is 1. The second kappa shape index (κ2) is 7.33. The molecule has 0 atom stereocenters. The molecule has 3 aromatic rings. The number of carbonyl (C=O) groups excluding carboxylic acids is 1. The van der Waals surface area contributed by atoms with E-state index in [2.05, 4.69) is 9.88 Å². The highest BCUT2D eigenvalue weighted by atomic mass is 35.5. The number of para-hydroxylation sites is 1. The lowest BCUT2D eigenvalue weighted by molar-refractivity contribution is -0.690. The van der Waals surface area contributed by atoms with Gasteiger partial charge in [0.2, 0.25) is 0 Å². The van der Waals surface area contributed by atoms with Gasteiger partial charge >= 0.3 is 0 Å². The number of halogens is 3. The summed E-state index contributed by atoms with van der Waals surface area (Å²) in [4.78, 5) is 12.4. The van der Waals surface area contributed by atoms with E-state index in [4.69, 9.17) is 23.2 Å². The van der Waals surface area contributed by atoms with Gasteiger partial charge in [0.1, 0.15) is 12.0 Å². The molecule has 1 aliphatic heterocycles. The first-order chi connectivity index (χ1) is 13.0. The van der Waals surface area contributed by atoms with E-state index in [1.165, 1.54) is 6.07 Å². The van der Waals surface area contributed by atoms with Crippen LogP contribution in [0.1, 0.15) is 12.2 Å². The van der Waals surface area contributed by atoms with Crippen molar-refractivity contribution >= 4 is 34.8 Å². The summed E-state index contributed by atoms with van der Waals surface area (Å²) in [5.41, 5.74) is 2.12. The molecule has 0 bridgehead atoms. The maximum atomic E-state index is 13.8. The van der Waals surface area contributed by atoms with E-state index in [9.17, 15) is 9.18 Å². The number of benzene rings is 2. The number of nitrogens with one attached hydrogen (secondary N) is 1. The van der Waals surface area contributed by atoms with Gasteiger partial charge in [0, 0.05) is 5.56 Å². The third-order valence-corrected chi connectivity index (χ3v) is 5.41. The van der Waals surface area contributed by atoms with E-state index in [0.717, 1.165) is 36.5 Å². The van der Waals surface area contributed by atoms with E-state index in [0.29, 0.717) is 10.0 Å². The quantitative estimate of drug-likeness (QED) is 0.639. The molecule has 138 valence electrons. The number of anilines is 1. The Morgan fingerprint density at radius 1 is 1.19 bits per heavy atom. The molecule has 0 spiro atoms. The number of hydrogen-bond acceptors (Lipinski definition) is 1. The molecule has 1 aromatic heterocycles. The Balaban J connectivity index is 1.61. The van der Waals surface area contributed by atoms with Gasteiger partial charge in [0.15, 0.2) is 12.2 Å². The fourth-order valence-corrected chi connectivity index (χ4v) is 3.74. The standard InChI is InChI=1S/C20H16Cl2FN3O/c21-14-8-7-13(10-15(14)22)18-11-25(20-6-3-9-26(18)20)12-19(27)24-17-5-2-1-4-16(17)23/h1-2,4-5,7-8,10-11H,3,6,9,12H2/p+1. The average Bonchev–Trinajstić information content (AvgIpc) is 3.23. The molecule has 1 aliphatic rings. The molecule has 4 rings (SSSR count). The van der Waals surface area contributed by atoms with Crippen LogP contribution >= 0.6 is 23.2 Å². The predicted octanol–water partition coefficient (Wildman–Crippen LogP) is 4.47. The van der Waals surface area contributed by atoms with Gasteiger partial charge in [-0.05, 0) is 36.8 Å². The molecular formula is C20H17Cl2FN3O+. The van der Waals surface area contributed by atoms with Crippen LogP contribution in [-0.2, 0) is 24.3 Å². The molecule has 0 unspecified atom stereocenters. The van der Waals surface area contributed by atoms with Crippen LogP contribution in [0.2, 0.25) is 10.0 Å².